The Hall–Kier alpha value is -2.17. The molecule has 5 heteroatoms. The maximum Gasteiger partial charge on any atom is 0.177 e. The van der Waals surface area contributed by atoms with E-state index in [0.29, 0.717) is 23.6 Å². The molecule has 1 aromatic rings. The second-order valence-electron chi connectivity index (χ2n) is 4.13. The fourth-order valence-corrected chi connectivity index (χ4v) is 1.71. The highest BCUT2D eigenvalue weighted by Crippen LogP contribution is 2.19. The van der Waals surface area contributed by atoms with Gasteiger partial charge in [0, 0.05) is 6.92 Å². The number of Topliss-reactive ketones (excluding diaryl/α,β-unsaturated/α-hetero) is 1. The van der Waals surface area contributed by atoms with E-state index in [1.165, 1.54) is 19.3 Å². The number of hydrogen-bond donors (Lipinski definition) is 2. The van der Waals surface area contributed by atoms with Gasteiger partial charge in [-0.05, 0) is 24.6 Å². The molecule has 1 heterocycles. The minimum absolute atomic E-state index is 0.115. The topological polar surface area (TPSA) is 53.5 Å². The monoisotopic (exact) mass is 247 g/mol. The summed E-state index contributed by atoms with van der Waals surface area (Å²) in [5.74, 6) is -0.462. The number of carbonyl (C=O) groups excluding carboxylic acids is 1. The number of benzene rings is 1. The van der Waals surface area contributed by atoms with Crippen LogP contribution in [0.2, 0.25) is 0 Å². The Morgan fingerprint density at radius 2 is 2.28 bits per heavy atom. The predicted octanol–water partition coefficient (Wildman–Crippen LogP) is 1.98. The quantitative estimate of drug-likeness (QED) is 0.858. The van der Waals surface area contributed by atoms with Crippen LogP contribution in [-0.4, -0.2) is 18.7 Å². The van der Waals surface area contributed by atoms with Gasteiger partial charge in [0.05, 0.1) is 24.3 Å². The van der Waals surface area contributed by atoms with E-state index >= 15 is 0 Å². The number of nitrogens with one attached hydrogen (secondary N) is 2. The van der Waals surface area contributed by atoms with E-state index in [1.54, 1.807) is 12.1 Å². The number of aliphatic imine (C=N–C) groups is 1. The summed E-state index contributed by atoms with van der Waals surface area (Å²) in [5, 5.41) is 5.69. The summed E-state index contributed by atoms with van der Waals surface area (Å²) in [6.45, 7) is 3.60. The first-order valence-corrected chi connectivity index (χ1v) is 5.60. The van der Waals surface area contributed by atoms with Crippen LogP contribution in [-0.2, 0) is 4.79 Å². The van der Waals surface area contributed by atoms with E-state index < -0.39 is 0 Å². The number of anilines is 1. The van der Waals surface area contributed by atoms with Gasteiger partial charge in [-0.3, -0.25) is 9.79 Å². The predicted molar refractivity (Wildman–Crippen MR) is 69.0 cm³/mol. The highest BCUT2D eigenvalue weighted by Gasteiger charge is 2.15. The first-order valence-electron chi connectivity index (χ1n) is 5.60. The summed E-state index contributed by atoms with van der Waals surface area (Å²) < 4.78 is 13.7. The average Bonchev–Trinajstić information content (AvgIpc) is 2.33. The fraction of sp³-hybridized carbons (Fsp3) is 0.231. The SMILES string of the molecule is CC(=O)C1=C(Nc2ccc(C)cc2F)CN=CN1. The van der Waals surface area contributed by atoms with Gasteiger partial charge in [0.1, 0.15) is 11.5 Å². The molecule has 0 fully saturated rings. The molecule has 0 spiro atoms. The van der Waals surface area contributed by atoms with Crippen LogP contribution in [0.15, 0.2) is 34.6 Å². The molecule has 18 heavy (non-hydrogen) atoms. The molecular formula is C13H14FN3O. The standard InChI is InChI=1S/C13H14FN3O/c1-8-3-4-11(10(14)5-8)17-12-6-15-7-16-13(12)9(2)18/h3-5,7,17H,6H2,1-2H3,(H,15,16). The van der Waals surface area contributed by atoms with E-state index in [9.17, 15) is 9.18 Å². The second-order valence-corrected chi connectivity index (χ2v) is 4.13. The average molecular weight is 247 g/mol. The van der Waals surface area contributed by atoms with Crippen molar-refractivity contribution in [3.63, 3.8) is 0 Å². The van der Waals surface area contributed by atoms with E-state index in [-0.39, 0.29) is 11.6 Å². The number of nitrogens with zero attached hydrogens (tertiary/aromatic N) is 1. The van der Waals surface area contributed by atoms with Crippen LogP contribution in [0.3, 0.4) is 0 Å². The lowest BCUT2D eigenvalue weighted by Gasteiger charge is -2.17. The lowest BCUT2D eigenvalue weighted by Crippen LogP contribution is -2.27. The first-order chi connectivity index (χ1) is 8.58. The molecule has 0 atom stereocenters. The van der Waals surface area contributed by atoms with Crippen molar-refractivity contribution >= 4 is 17.8 Å². The number of ketones is 1. The normalized spacial score (nSPS) is 14.4. The van der Waals surface area contributed by atoms with Crippen LogP contribution in [0.25, 0.3) is 0 Å². The van der Waals surface area contributed by atoms with Gasteiger partial charge in [0.15, 0.2) is 5.78 Å². The molecule has 2 N–H and O–H groups in total. The van der Waals surface area contributed by atoms with Gasteiger partial charge in [0.2, 0.25) is 0 Å². The van der Waals surface area contributed by atoms with Crippen LogP contribution in [0.5, 0.6) is 0 Å². The van der Waals surface area contributed by atoms with Crippen molar-refractivity contribution in [2.24, 2.45) is 4.99 Å². The Labute approximate surface area is 105 Å². The van der Waals surface area contributed by atoms with Crippen LogP contribution >= 0.6 is 0 Å². The lowest BCUT2D eigenvalue weighted by molar-refractivity contribution is -0.113. The van der Waals surface area contributed by atoms with E-state index in [4.69, 9.17) is 0 Å². The molecule has 94 valence electrons. The third-order valence-corrected chi connectivity index (χ3v) is 2.61. The van der Waals surface area contributed by atoms with E-state index in [2.05, 4.69) is 15.6 Å². The number of halogens is 1. The van der Waals surface area contributed by atoms with Crippen molar-refractivity contribution in [2.75, 3.05) is 11.9 Å². The smallest absolute Gasteiger partial charge is 0.177 e. The van der Waals surface area contributed by atoms with Gasteiger partial charge in [-0.25, -0.2) is 4.39 Å². The Kier molecular flexibility index (Phi) is 3.41. The molecule has 0 saturated heterocycles. The van der Waals surface area contributed by atoms with Crippen molar-refractivity contribution in [1.82, 2.24) is 5.32 Å². The number of carbonyl (C=O) groups is 1. The molecule has 0 amide bonds. The Morgan fingerprint density at radius 1 is 1.50 bits per heavy atom. The van der Waals surface area contributed by atoms with Crippen molar-refractivity contribution in [1.29, 1.82) is 0 Å². The summed E-state index contributed by atoms with van der Waals surface area (Å²) >= 11 is 0. The van der Waals surface area contributed by atoms with Gasteiger partial charge in [-0.15, -0.1) is 0 Å². The fourth-order valence-electron chi connectivity index (χ4n) is 1.71. The minimum Gasteiger partial charge on any atom is -0.353 e. The molecule has 1 aliphatic heterocycles. The summed E-state index contributed by atoms with van der Waals surface area (Å²) in [5.41, 5.74) is 2.18. The van der Waals surface area contributed by atoms with Crippen LogP contribution in [0, 0.1) is 12.7 Å². The Morgan fingerprint density at radius 3 is 2.94 bits per heavy atom. The first kappa shape index (κ1) is 12.3. The number of allylic oxidation sites excluding steroid dienone is 1. The highest BCUT2D eigenvalue weighted by atomic mass is 19.1. The second kappa shape index (κ2) is 5.00. The summed E-state index contributed by atoms with van der Waals surface area (Å²) in [7, 11) is 0. The van der Waals surface area contributed by atoms with Crippen molar-refractivity contribution < 1.29 is 9.18 Å². The molecule has 0 unspecified atom stereocenters. The third-order valence-electron chi connectivity index (χ3n) is 2.61. The maximum atomic E-state index is 13.7. The zero-order chi connectivity index (χ0) is 13.1. The molecule has 0 aliphatic carbocycles. The molecule has 4 nitrogen and oxygen atoms in total. The zero-order valence-electron chi connectivity index (χ0n) is 10.2. The molecule has 0 aromatic heterocycles. The Balaban J connectivity index is 2.29. The zero-order valence-corrected chi connectivity index (χ0v) is 10.2. The largest absolute Gasteiger partial charge is 0.353 e. The van der Waals surface area contributed by atoms with Gasteiger partial charge < -0.3 is 10.6 Å². The molecule has 1 aliphatic rings. The van der Waals surface area contributed by atoms with Gasteiger partial charge >= 0.3 is 0 Å². The molecule has 0 radical (unpaired) electrons. The van der Waals surface area contributed by atoms with E-state index in [1.807, 2.05) is 6.92 Å². The highest BCUT2D eigenvalue weighted by molar-refractivity contribution is 5.97. The van der Waals surface area contributed by atoms with E-state index in [0.717, 1.165) is 5.56 Å². The van der Waals surface area contributed by atoms with Crippen LogP contribution in [0.4, 0.5) is 10.1 Å². The summed E-state index contributed by atoms with van der Waals surface area (Å²) in [6, 6.07) is 4.89. The van der Waals surface area contributed by atoms with Crippen molar-refractivity contribution in [3.8, 4) is 0 Å². The van der Waals surface area contributed by atoms with Gasteiger partial charge in [-0.2, -0.15) is 0 Å². The lowest BCUT2D eigenvalue weighted by atomic mass is 10.2. The number of aryl methyl sites for hydroxylation is 1. The van der Waals surface area contributed by atoms with Gasteiger partial charge in [0.25, 0.3) is 0 Å². The third kappa shape index (κ3) is 2.56. The summed E-state index contributed by atoms with van der Waals surface area (Å²) in [6.07, 6.45) is 1.47. The molecule has 2 rings (SSSR count). The number of hydrogen-bond acceptors (Lipinski definition) is 4. The van der Waals surface area contributed by atoms with Crippen LogP contribution in [0.1, 0.15) is 12.5 Å². The van der Waals surface area contributed by atoms with Crippen molar-refractivity contribution in [2.45, 2.75) is 13.8 Å². The molecule has 1 aromatic carbocycles. The molecular weight excluding hydrogens is 233 g/mol. The summed E-state index contributed by atoms with van der Waals surface area (Å²) in [4.78, 5) is 15.4. The Bertz CT molecular complexity index is 549. The van der Waals surface area contributed by atoms with Crippen molar-refractivity contribution in [3.05, 3.63) is 41.0 Å². The van der Waals surface area contributed by atoms with Crippen LogP contribution < -0.4 is 10.6 Å². The maximum absolute atomic E-state index is 13.7. The minimum atomic E-state index is -0.347. The molecule has 0 bridgehead atoms. The van der Waals surface area contributed by atoms with Gasteiger partial charge in [-0.1, -0.05) is 6.07 Å². The number of rotatable bonds is 3. The molecule has 0 saturated carbocycles.